The van der Waals surface area contributed by atoms with Gasteiger partial charge in [0.25, 0.3) is 0 Å². The number of nitrogens with zero attached hydrogens (tertiary/aromatic N) is 2. The minimum absolute atomic E-state index is 0.187. The Morgan fingerprint density at radius 1 is 1.27 bits per heavy atom. The molecule has 0 spiro atoms. The maximum absolute atomic E-state index is 12.9. The van der Waals surface area contributed by atoms with Gasteiger partial charge in [0, 0.05) is 24.2 Å². The molecule has 1 aliphatic heterocycles. The highest BCUT2D eigenvalue weighted by Gasteiger charge is 2.08. The lowest BCUT2D eigenvalue weighted by Gasteiger charge is -2.13. The summed E-state index contributed by atoms with van der Waals surface area (Å²) in [5.41, 5.74) is 0.657. The van der Waals surface area contributed by atoms with Crippen LogP contribution < -0.4 is 0 Å². The number of hydrazone groups is 1. The van der Waals surface area contributed by atoms with Gasteiger partial charge in [-0.15, -0.1) is 0 Å². The van der Waals surface area contributed by atoms with E-state index < -0.39 is 11.6 Å². The Labute approximate surface area is 89.3 Å². The van der Waals surface area contributed by atoms with Crippen molar-refractivity contribution in [2.75, 3.05) is 7.05 Å². The fourth-order valence-electron chi connectivity index (χ4n) is 1.35. The van der Waals surface area contributed by atoms with Crippen molar-refractivity contribution in [2.45, 2.75) is 5.75 Å². The van der Waals surface area contributed by atoms with E-state index in [-0.39, 0.29) is 10.7 Å². The van der Waals surface area contributed by atoms with E-state index in [2.05, 4.69) is 5.10 Å². The van der Waals surface area contributed by atoms with Crippen LogP contribution in [0.3, 0.4) is 0 Å². The highest BCUT2D eigenvalue weighted by atomic mass is 32.2. The van der Waals surface area contributed by atoms with Crippen molar-refractivity contribution in [3.05, 3.63) is 35.4 Å². The van der Waals surface area contributed by atoms with Crippen LogP contribution in [-0.2, 0) is 5.75 Å². The first-order chi connectivity index (χ1) is 7.15. The molecule has 1 aromatic rings. The summed E-state index contributed by atoms with van der Waals surface area (Å²) < 4.78 is 27.6. The summed E-state index contributed by atoms with van der Waals surface area (Å²) in [7, 11) is 1.66. The summed E-state index contributed by atoms with van der Waals surface area (Å²) in [6.45, 7) is 0. The third-order valence-corrected chi connectivity index (χ3v) is 3.86. The molecule has 2 nitrogen and oxygen atoms in total. The number of benzene rings is 1. The molecule has 5 heteroatoms. The maximum Gasteiger partial charge on any atom is 0.126 e. The molecular weight excluding hydrogens is 218 g/mol. The third-order valence-electron chi connectivity index (χ3n) is 2.02. The molecule has 1 unspecified atom stereocenters. The topological polar surface area (TPSA) is 15.6 Å². The molecule has 15 heavy (non-hydrogen) atoms. The highest BCUT2D eigenvalue weighted by molar-refractivity contribution is 8.13. The van der Waals surface area contributed by atoms with Gasteiger partial charge in [-0.25, -0.2) is 13.2 Å². The SMILES string of the molecule is CN1N=CC=S1Cc1cc(F)cc(F)c1. The minimum Gasteiger partial charge on any atom is -0.248 e. The van der Waals surface area contributed by atoms with Crippen LogP contribution in [0.5, 0.6) is 0 Å². The van der Waals surface area contributed by atoms with E-state index in [0.29, 0.717) is 11.3 Å². The Morgan fingerprint density at radius 2 is 1.93 bits per heavy atom. The first kappa shape index (κ1) is 10.3. The van der Waals surface area contributed by atoms with E-state index in [4.69, 9.17) is 0 Å². The molecule has 0 aliphatic carbocycles. The molecule has 1 atom stereocenters. The standard InChI is InChI=1S/C10H10F2N2S/c1-14-13-2-3-15(14)7-8-4-9(11)6-10(12)5-8/h2-6H,7H2,1H3. The Hall–Kier alpha value is -1.23. The number of rotatable bonds is 2. The van der Waals surface area contributed by atoms with Gasteiger partial charge in [-0.2, -0.15) is 5.10 Å². The summed E-state index contributed by atoms with van der Waals surface area (Å²) in [5.74, 6) is -0.474. The Morgan fingerprint density at radius 3 is 2.47 bits per heavy atom. The van der Waals surface area contributed by atoms with Gasteiger partial charge in [-0.05, 0) is 17.7 Å². The first-order valence-electron chi connectivity index (χ1n) is 4.41. The zero-order chi connectivity index (χ0) is 10.8. The summed E-state index contributed by atoms with van der Waals surface area (Å²) in [4.78, 5) is 0. The van der Waals surface area contributed by atoms with E-state index in [1.54, 1.807) is 10.6 Å². The first-order valence-corrected chi connectivity index (χ1v) is 5.82. The smallest absolute Gasteiger partial charge is 0.126 e. The van der Waals surface area contributed by atoms with Crippen LogP contribution in [0.1, 0.15) is 5.56 Å². The van der Waals surface area contributed by atoms with Crippen molar-refractivity contribution in [2.24, 2.45) is 5.10 Å². The lowest BCUT2D eigenvalue weighted by atomic mass is 10.2. The molecule has 0 radical (unpaired) electrons. The van der Waals surface area contributed by atoms with Crippen molar-refractivity contribution < 1.29 is 8.78 Å². The van der Waals surface area contributed by atoms with Crippen molar-refractivity contribution in [3.8, 4) is 0 Å². The van der Waals surface area contributed by atoms with E-state index in [1.165, 1.54) is 12.1 Å². The van der Waals surface area contributed by atoms with Crippen molar-refractivity contribution in [3.63, 3.8) is 0 Å². The Bertz CT molecular complexity index is 423. The number of hydrogen-bond acceptors (Lipinski definition) is 2. The molecular formula is C10H10F2N2S. The maximum atomic E-state index is 12.9. The largest absolute Gasteiger partial charge is 0.248 e. The van der Waals surface area contributed by atoms with Crippen molar-refractivity contribution >= 4 is 22.3 Å². The summed E-state index contributed by atoms with van der Waals surface area (Å²) in [6, 6.07) is 3.59. The van der Waals surface area contributed by atoms with Gasteiger partial charge < -0.3 is 0 Å². The van der Waals surface area contributed by atoms with E-state index in [1.807, 2.05) is 12.4 Å². The van der Waals surface area contributed by atoms with Crippen LogP contribution >= 0.6 is 10.7 Å². The van der Waals surface area contributed by atoms with Gasteiger partial charge in [0.2, 0.25) is 0 Å². The zero-order valence-electron chi connectivity index (χ0n) is 8.15. The summed E-state index contributed by atoms with van der Waals surface area (Å²) in [6.07, 6.45) is 1.71. The van der Waals surface area contributed by atoms with Crippen molar-refractivity contribution in [1.29, 1.82) is 0 Å². The molecule has 0 saturated heterocycles. The average Bonchev–Trinajstić information content (AvgIpc) is 2.50. The van der Waals surface area contributed by atoms with Gasteiger partial charge in [0.1, 0.15) is 11.6 Å². The van der Waals surface area contributed by atoms with Crippen LogP contribution in [0.15, 0.2) is 23.3 Å². The van der Waals surface area contributed by atoms with Crippen LogP contribution in [0, 0.1) is 11.6 Å². The van der Waals surface area contributed by atoms with Gasteiger partial charge in [-0.3, -0.25) is 0 Å². The molecule has 0 N–H and O–H groups in total. The molecule has 0 bridgehead atoms. The third kappa shape index (κ3) is 2.41. The average molecular weight is 228 g/mol. The predicted octanol–water partition coefficient (Wildman–Crippen LogP) is 2.38. The van der Waals surface area contributed by atoms with Crippen LogP contribution in [-0.4, -0.2) is 23.0 Å². The second-order valence-electron chi connectivity index (χ2n) is 3.19. The number of halogens is 2. The predicted molar refractivity (Wildman–Crippen MR) is 60.0 cm³/mol. The van der Waals surface area contributed by atoms with Crippen molar-refractivity contribution in [1.82, 2.24) is 4.41 Å². The molecule has 1 aliphatic rings. The molecule has 80 valence electrons. The molecule has 2 rings (SSSR count). The number of hydrogen-bond donors (Lipinski definition) is 0. The van der Waals surface area contributed by atoms with E-state index in [0.717, 1.165) is 6.07 Å². The van der Waals surface area contributed by atoms with Gasteiger partial charge >= 0.3 is 0 Å². The van der Waals surface area contributed by atoms with Crippen LogP contribution in [0.2, 0.25) is 0 Å². The summed E-state index contributed by atoms with van der Waals surface area (Å²) in [5, 5.41) is 5.97. The second kappa shape index (κ2) is 4.10. The second-order valence-corrected chi connectivity index (χ2v) is 5.08. The highest BCUT2D eigenvalue weighted by Crippen LogP contribution is 2.26. The quantitative estimate of drug-likeness (QED) is 0.710. The summed E-state index contributed by atoms with van der Waals surface area (Å²) >= 11 is 0. The zero-order valence-corrected chi connectivity index (χ0v) is 8.97. The van der Waals surface area contributed by atoms with Gasteiger partial charge in [-0.1, -0.05) is 10.7 Å². The molecule has 1 heterocycles. The fourth-order valence-corrected chi connectivity index (χ4v) is 2.68. The monoisotopic (exact) mass is 228 g/mol. The van der Waals surface area contributed by atoms with Crippen LogP contribution in [0.25, 0.3) is 0 Å². The fraction of sp³-hybridized carbons (Fsp3) is 0.200. The normalized spacial score (nSPS) is 19.4. The lowest BCUT2D eigenvalue weighted by Crippen LogP contribution is -2.00. The Balaban J connectivity index is 2.18. The minimum atomic E-state index is -0.531. The molecule has 0 amide bonds. The van der Waals surface area contributed by atoms with E-state index in [9.17, 15) is 8.78 Å². The molecule has 0 aromatic heterocycles. The van der Waals surface area contributed by atoms with Gasteiger partial charge in [0.15, 0.2) is 0 Å². The van der Waals surface area contributed by atoms with Crippen LogP contribution in [0.4, 0.5) is 8.78 Å². The Kier molecular flexibility index (Phi) is 2.81. The molecule has 0 saturated carbocycles. The lowest BCUT2D eigenvalue weighted by molar-refractivity contribution is 0.580. The van der Waals surface area contributed by atoms with Gasteiger partial charge in [0.05, 0.1) is 6.21 Å². The molecule has 1 aromatic carbocycles. The van der Waals surface area contributed by atoms with E-state index >= 15 is 0 Å². The molecule has 0 fully saturated rings.